The van der Waals surface area contributed by atoms with Gasteiger partial charge in [-0.25, -0.2) is 4.68 Å². The van der Waals surface area contributed by atoms with Gasteiger partial charge in [0.2, 0.25) is 0 Å². The number of carbonyl (C=O) groups is 1. The topological polar surface area (TPSA) is 47.8 Å². The summed E-state index contributed by atoms with van der Waals surface area (Å²) >= 11 is 0. The first-order chi connectivity index (χ1) is 10.8. The Bertz CT molecular complexity index is 827. The highest BCUT2D eigenvalue weighted by Gasteiger charge is 2.08. The van der Waals surface area contributed by atoms with Crippen LogP contribution < -0.4 is 0 Å². The number of nitrogens with zero attached hydrogens (tertiary/aromatic N) is 3. The Labute approximate surface area is 128 Å². The molecule has 0 aliphatic rings. The van der Waals surface area contributed by atoms with Crippen LogP contribution in [0.2, 0.25) is 0 Å². The van der Waals surface area contributed by atoms with Crippen molar-refractivity contribution in [2.75, 3.05) is 0 Å². The van der Waals surface area contributed by atoms with E-state index in [0.29, 0.717) is 6.54 Å². The van der Waals surface area contributed by atoms with Crippen molar-refractivity contribution in [3.63, 3.8) is 0 Å². The van der Waals surface area contributed by atoms with Crippen molar-refractivity contribution in [1.82, 2.24) is 15.0 Å². The van der Waals surface area contributed by atoms with Crippen LogP contribution in [-0.2, 0) is 6.54 Å². The summed E-state index contributed by atoms with van der Waals surface area (Å²) in [6.45, 7) is 0.577. The van der Waals surface area contributed by atoms with E-state index in [4.69, 9.17) is 0 Å². The predicted octanol–water partition coefficient (Wildman–Crippen LogP) is 2.56. The molecule has 0 spiro atoms. The van der Waals surface area contributed by atoms with Gasteiger partial charge < -0.3 is 0 Å². The molecule has 0 N–H and O–H groups in total. The van der Waals surface area contributed by atoms with Crippen molar-refractivity contribution in [2.24, 2.45) is 0 Å². The fourth-order valence-electron chi connectivity index (χ4n) is 1.96. The van der Waals surface area contributed by atoms with Gasteiger partial charge in [0, 0.05) is 5.56 Å². The molecule has 0 fully saturated rings. The van der Waals surface area contributed by atoms with Gasteiger partial charge in [-0.2, -0.15) is 0 Å². The number of rotatable bonds is 3. The van der Waals surface area contributed by atoms with Gasteiger partial charge in [-0.05, 0) is 23.6 Å². The van der Waals surface area contributed by atoms with E-state index in [1.165, 1.54) is 0 Å². The SMILES string of the molecule is O=C(C#Cc1ccccc1)c1cn(Cc2ccccc2)nn1. The van der Waals surface area contributed by atoms with Gasteiger partial charge in [0.15, 0.2) is 5.69 Å². The summed E-state index contributed by atoms with van der Waals surface area (Å²) in [5.74, 6) is 5.08. The lowest BCUT2D eigenvalue weighted by Crippen LogP contribution is -2.00. The van der Waals surface area contributed by atoms with Crippen LogP contribution in [0.25, 0.3) is 0 Å². The zero-order valence-corrected chi connectivity index (χ0v) is 11.8. The molecule has 2 aromatic carbocycles. The van der Waals surface area contributed by atoms with Crippen LogP contribution in [0.4, 0.5) is 0 Å². The molecule has 1 aromatic heterocycles. The van der Waals surface area contributed by atoms with Crippen LogP contribution in [0, 0.1) is 11.8 Å². The van der Waals surface area contributed by atoms with Crippen LogP contribution >= 0.6 is 0 Å². The lowest BCUT2D eigenvalue weighted by atomic mass is 10.2. The molecule has 3 rings (SSSR count). The van der Waals surface area contributed by atoms with E-state index in [1.54, 1.807) is 10.9 Å². The summed E-state index contributed by atoms with van der Waals surface area (Å²) in [6, 6.07) is 19.2. The number of hydrogen-bond donors (Lipinski definition) is 0. The molecule has 0 radical (unpaired) electrons. The predicted molar refractivity (Wildman–Crippen MR) is 83.2 cm³/mol. The van der Waals surface area contributed by atoms with Crippen LogP contribution in [-0.4, -0.2) is 20.8 Å². The van der Waals surface area contributed by atoms with Crippen LogP contribution in [0.15, 0.2) is 66.9 Å². The quantitative estimate of drug-likeness (QED) is 0.549. The summed E-state index contributed by atoms with van der Waals surface area (Å²) in [4.78, 5) is 12.0. The van der Waals surface area contributed by atoms with Crippen molar-refractivity contribution in [1.29, 1.82) is 0 Å². The minimum absolute atomic E-state index is 0.263. The van der Waals surface area contributed by atoms with E-state index in [-0.39, 0.29) is 11.5 Å². The Morgan fingerprint density at radius 1 is 1.00 bits per heavy atom. The highest BCUT2D eigenvalue weighted by molar-refractivity contribution is 6.07. The number of benzene rings is 2. The zero-order valence-electron chi connectivity index (χ0n) is 11.8. The minimum atomic E-state index is -0.330. The minimum Gasteiger partial charge on any atom is -0.277 e. The highest BCUT2D eigenvalue weighted by atomic mass is 16.1. The summed E-state index contributed by atoms with van der Waals surface area (Å²) in [5, 5.41) is 7.85. The number of carbonyl (C=O) groups excluding carboxylic acids is 1. The molecule has 0 unspecified atom stereocenters. The summed E-state index contributed by atoms with van der Waals surface area (Å²) in [6.07, 6.45) is 1.62. The molecule has 0 amide bonds. The molecule has 0 bridgehead atoms. The van der Waals surface area contributed by atoms with Gasteiger partial charge >= 0.3 is 0 Å². The van der Waals surface area contributed by atoms with Crippen LogP contribution in [0.3, 0.4) is 0 Å². The van der Waals surface area contributed by atoms with Gasteiger partial charge in [0.25, 0.3) is 5.78 Å². The van der Waals surface area contributed by atoms with Gasteiger partial charge in [0.1, 0.15) is 0 Å². The Hall–Kier alpha value is -3.19. The normalized spacial score (nSPS) is 9.82. The average Bonchev–Trinajstić information content (AvgIpc) is 3.03. The first-order valence-electron chi connectivity index (χ1n) is 6.87. The van der Waals surface area contributed by atoms with E-state index in [9.17, 15) is 4.79 Å². The molecule has 0 saturated heterocycles. The maximum Gasteiger partial charge on any atom is 0.258 e. The lowest BCUT2D eigenvalue weighted by Gasteiger charge is -1.98. The van der Waals surface area contributed by atoms with Gasteiger partial charge in [-0.3, -0.25) is 4.79 Å². The molecule has 0 aliphatic heterocycles. The third kappa shape index (κ3) is 3.47. The molecular formula is C18H13N3O. The molecule has 0 saturated carbocycles. The second kappa shape index (κ2) is 6.51. The molecule has 106 valence electrons. The Kier molecular flexibility index (Phi) is 4.08. The van der Waals surface area contributed by atoms with E-state index in [0.717, 1.165) is 11.1 Å². The molecule has 1 heterocycles. The van der Waals surface area contributed by atoms with Crippen molar-refractivity contribution in [3.05, 3.63) is 83.7 Å². The Morgan fingerprint density at radius 3 is 2.41 bits per heavy atom. The van der Waals surface area contributed by atoms with Crippen LogP contribution in [0.1, 0.15) is 21.6 Å². The number of hydrogen-bond acceptors (Lipinski definition) is 3. The molecular weight excluding hydrogens is 274 g/mol. The summed E-state index contributed by atoms with van der Waals surface area (Å²) < 4.78 is 1.63. The zero-order chi connectivity index (χ0) is 15.2. The summed E-state index contributed by atoms with van der Waals surface area (Å²) in [7, 11) is 0. The maximum absolute atomic E-state index is 12.0. The van der Waals surface area contributed by atoms with E-state index in [2.05, 4.69) is 22.2 Å². The Balaban J connectivity index is 1.71. The molecule has 0 atom stereocenters. The fraction of sp³-hybridized carbons (Fsp3) is 0.0556. The third-order valence-electron chi connectivity index (χ3n) is 3.05. The van der Waals surface area contributed by atoms with Gasteiger partial charge in [-0.1, -0.05) is 59.7 Å². The lowest BCUT2D eigenvalue weighted by molar-refractivity contribution is 0.105. The van der Waals surface area contributed by atoms with Crippen molar-refractivity contribution in [2.45, 2.75) is 6.54 Å². The molecule has 0 aliphatic carbocycles. The standard InChI is InChI=1S/C18H13N3O/c22-18(12-11-15-7-3-1-4-8-15)17-14-21(20-19-17)13-16-9-5-2-6-10-16/h1-10,14H,13H2. The van der Waals surface area contributed by atoms with Crippen molar-refractivity contribution in [3.8, 4) is 11.8 Å². The average molecular weight is 287 g/mol. The third-order valence-corrected chi connectivity index (χ3v) is 3.05. The first-order valence-corrected chi connectivity index (χ1v) is 6.87. The van der Waals surface area contributed by atoms with Crippen molar-refractivity contribution >= 4 is 5.78 Å². The van der Waals surface area contributed by atoms with E-state index in [1.807, 2.05) is 60.7 Å². The van der Waals surface area contributed by atoms with Gasteiger partial charge in [-0.15, -0.1) is 5.10 Å². The maximum atomic E-state index is 12.0. The molecule has 22 heavy (non-hydrogen) atoms. The molecule has 3 aromatic rings. The van der Waals surface area contributed by atoms with E-state index >= 15 is 0 Å². The second-order valence-electron chi connectivity index (χ2n) is 4.73. The smallest absolute Gasteiger partial charge is 0.258 e. The largest absolute Gasteiger partial charge is 0.277 e. The molecule has 4 nitrogen and oxygen atoms in total. The second-order valence-corrected chi connectivity index (χ2v) is 4.73. The monoisotopic (exact) mass is 287 g/mol. The summed E-state index contributed by atoms with van der Waals surface area (Å²) in [5.41, 5.74) is 2.16. The first kappa shape index (κ1) is 13.8. The fourth-order valence-corrected chi connectivity index (χ4v) is 1.96. The number of Topliss-reactive ketones (excluding diaryl/α,β-unsaturated/α-hetero) is 1. The highest BCUT2D eigenvalue weighted by Crippen LogP contribution is 2.03. The van der Waals surface area contributed by atoms with Gasteiger partial charge in [0.05, 0.1) is 12.7 Å². The van der Waals surface area contributed by atoms with Crippen molar-refractivity contribution < 1.29 is 4.79 Å². The van der Waals surface area contributed by atoms with Crippen LogP contribution in [0.5, 0.6) is 0 Å². The van der Waals surface area contributed by atoms with E-state index < -0.39 is 0 Å². The number of ketones is 1. The molecule has 4 heteroatoms. The Morgan fingerprint density at radius 2 is 1.68 bits per heavy atom. The number of aromatic nitrogens is 3.